The van der Waals surface area contributed by atoms with Crippen molar-refractivity contribution in [1.82, 2.24) is 9.97 Å². The third-order valence-corrected chi connectivity index (χ3v) is 2.38. The van der Waals surface area contributed by atoms with Crippen LogP contribution in [0.5, 0.6) is 0 Å². The lowest BCUT2D eigenvalue weighted by molar-refractivity contribution is 0.344. The zero-order valence-electron chi connectivity index (χ0n) is 8.28. The molecule has 11 heteroatoms. The molecule has 9 nitrogen and oxygen atoms in total. The minimum Gasteiger partial charge on any atom is -0.346 e. The first-order valence-electron chi connectivity index (χ1n) is 3.64. The van der Waals surface area contributed by atoms with E-state index in [1.54, 1.807) is 0 Å². The molecule has 0 saturated heterocycles. The lowest BCUT2D eigenvalue weighted by Gasteiger charge is -1.89. The predicted octanol–water partition coefficient (Wildman–Crippen LogP) is -0.365. The second kappa shape index (κ2) is 5.36. The van der Waals surface area contributed by atoms with Crippen LogP contribution in [-0.2, 0) is 24.4 Å². The highest BCUT2D eigenvalue weighted by molar-refractivity contribution is 7.94. The number of imidazole rings is 1. The highest BCUT2D eigenvalue weighted by atomic mass is 32.3. The number of H-pyrrole nitrogens is 1. The first-order chi connectivity index (χ1) is 6.99. The molecule has 0 aliphatic rings. The summed E-state index contributed by atoms with van der Waals surface area (Å²) in [7, 11) is -10.2. The molecule has 3 N–H and O–H groups in total. The van der Waals surface area contributed by atoms with Crippen LogP contribution < -0.4 is 0 Å². The fourth-order valence-electron chi connectivity index (χ4n) is 0.652. The molecule has 0 unspecified atom stereocenters. The number of aromatic amines is 1. The Labute approximate surface area is 92.4 Å². The summed E-state index contributed by atoms with van der Waals surface area (Å²) in [4.78, 5) is 6.99. The largest absolute Gasteiger partial charge is 0.413 e. The molecule has 0 fully saturated rings. The zero-order valence-corrected chi connectivity index (χ0v) is 9.91. The third-order valence-electron chi connectivity index (χ3n) is 1.00. The Hall–Kier alpha value is -1.01. The monoisotopic (exact) mass is 274 g/mol. The van der Waals surface area contributed by atoms with Crippen LogP contribution in [0.3, 0.4) is 0 Å². The van der Waals surface area contributed by atoms with E-state index in [1.807, 2.05) is 20.0 Å². The van der Waals surface area contributed by atoms with E-state index in [0.29, 0.717) is 0 Å². The molecule has 1 heterocycles. The minimum atomic E-state index is -5.12. The third kappa shape index (κ3) is 9.54. The van der Waals surface area contributed by atoms with E-state index >= 15 is 0 Å². The van der Waals surface area contributed by atoms with Gasteiger partial charge in [0.15, 0.2) is 0 Å². The van der Waals surface area contributed by atoms with Gasteiger partial charge in [-0.25, -0.2) is 4.98 Å². The lowest BCUT2D eigenvalue weighted by atomic mass is 10.6. The fraction of sp³-hybridized carbons (Fsp3) is 0.400. The molecule has 0 saturated carbocycles. The Kier molecular flexibility index (Phi) is 5.02. The molecule has 0 bridgehead atoms. The van der Waals surface area contributed by atoms with Crippen molar-refractivity contribution in [1.29, 1.82) is 0 Å². The van der Waals surface area contributed by atoms with E-state index in [2.05, 4.69) is 13.6 Å². The Morgan fingerprint density at radius 2 is 1.62 bits per heavy atom. The second-order valence-corrected chi connectivity index (χ2v) is 4.83. The maximum absolute atomic E-state index is 9.44. The number of nitrogens with one attached hydrogen (secondary N) is 1. The Balaban J connectivity index is 0.000000288. The molecular weight excluding hydrogens is 264 g/mol. The average Bonchev–Trinajstić information content (AvgIpc) is 2.26. The highest BCUT2D eigenvalue weighted by Gasteiger charge is 2.15. The molecule has 0 aliphatic heterocycles. The van der Waals surface area contributed by atoms with Gasteiger partial charge in [0.25, 0.3) is 0 Å². The average molecular weight is 274 g/mol. The van der Waals surface area contributed by atoms with Crippen LogP contribution in [0.1, 0.15) is 11.5 Å². The number of aryl methyl sites for hydroxylation is 2. The molecule has 0 aromatic carbocycles. The molecule has 94 valence electrons. The van der Waals surface area contributed by atoms with Crippen molar-refractivity contribution in [2.45, 2.75) is 13.8 Å². The van der Waals surface area contributed by atoms with Gasteiger partial charge >= 0.3 is 20.8 Å². The number of nitrogens with zero attached hydrogens (tertiary/aromatic N) is 1. The zero-order chi connectivity index (χ0) is 13.0. The molecule has 1 rings (SSSR count). The normalized spacial score (nSPS) is 11.8. The van der Waals surface area contributed by atoms with E-state index in [1.165, 1.54) is 0 Å². The van der Waals surface area contributed by atoms with Gasteiger partial charge in [0.2, 0.25) is 0 Å². The molecule has 0 radical (unpaired) electrons. The van der Waals surface area contributed by atoms with Crippen LogP contribution in [0.2, 0.25) is 0 Å². The van der Waals surface area contributed by atoms with Gasteiger partial charge in [0.1, 0.15) is 5.82 Å². The summed E-state index contributed by atoms with van der Waals surface area (Å²) in [6, 6.07) is 0. The van der Waals surface area contributed by atoms with Crippen molar-refractivity contribution in [3.63, 3.8) is 0 Å². The van der Waals surface area contributed by atoms with E-state index < -0.39 is 20.8 Å². The predicted molar refractivity (Wildman–Crippen MR) is 52.2 cm³/mol. The quantitative estimate of drug-likeness (QED) is 0.619. The SMILES string of the molecule is Cc1cnc(C)[nH]1.O=S(=O)(O)OS(=O)(=O)O. The number of aromatic nitrogens is 2. The van der Waals surface area contributed by atoms with Crippen LogP contribution in [0.25, 0.3) is 0 Å². The Bertz CT molecular complexity index is 482. The summed E-state index contributed by atoms with van der Waals surface area (Å²) in [5.41, 5.74) is 1.12. The summed E-state index contributed by atoms with van der Waals surface area (Å²) in [6.07, 6.45) is 1.81. The van der Waals surface area contributed by atoms with Crippen LogP contribution in [0.15, 0.2) is 6.20 Å². The lowest BCUT2D eigenvalue weighted by Crippen LogP contribution is -2.10. The molecular formula is C5H10N2O7S2. The van der Waals surface area contributed by atoms with Gasteiger partial charge in [-0.3, -0.25) is 9.11 Å². The number of rotatable bonds is 2. The van der Waals surface area contributed by atoms with Crippen molar-refractivity contribution >= 4 is 20.8 Å². The molecule has 1 aromatic heterocycles. The van der Waals surface area contributed by atoms with Gasteiger partial charge in [0, 0.05) is 11.9 Å². The van der Waals surface area contributed by atoms with Crippen molar-refractivity contribution in [2.24, 2.45) is 0 Å². The van der Waals surface area contributed by atoms with E-state index in [-0.39, 0.29) is 0 Å². The van der Waals surface area contributed by atoms with Gasteiger partial charge < -0.3 is 4.98 Å². The standard InChI is InChI=1S/C5H8N2.H2O7S2/c1-4-3-6-5(2)7-4;1-8(2,3)7-9(4,5)6/h3H,1-2H3,(H,6,7);(H,1,2,3)(H,4,5,6). The van der Waals surface area contributed by atoms with Crippen molar-refractivity contribution in [2.75, 3.05) is 0 Å². The molecule has 16 heavy (non-hydrogen) atoms. The maximum Gasteiger partial charge on any atom is 0.413 e. The molecule has 0 aliphatic carbocycles. The highest BCUT2D eigenvalue weighted by Crippen LogP contribution is 1.92. The summed E-state index contributed by atoms with van der Waals surface area (Å²) in [5.74, 6) is 0.984. The molecule has 1 aromatic rings. The Morgan fingerprint density at radius 1 is 1.19 bits per heavy atom. The summed E-state index contributed by atoms with van der Waals surface area (Å²) in [6.45, 7) is 3.92. The summed E-state index contributed by atoms with van der Waals surface area (Å²) < 4.78 is 55.6. The van der Waals surface area contributed by atoms with Crippen LogP contribution >= 0.6 is 0 Å². The topological polar surface area (TPSA) is 147 Å². The van der Waals surface area contributed by atoms with Gasteiger partial charge in [-0.2, -0.15) is 16.8 Å². The minimum absolute atomic E-state index is 0.984. The second-order valence-electron chi connectivity index (χ2n) is 2.58. The number of hydrogen-bond acceptors (Lipinski definition) is 6. The number of hydrogen-bond donors (Lipinski definition) is 3. The van der Waals surface area contributed by atoms with Crippen LogP contribution in [0, 0.1) is 13.8 Å². The fourth-order valence-corrected chi connectivity index (χ4v) is 1.52. The van der Waals surface area contributed by atoms with Crippen LogP contribution in [-0.4, -0.2) is 35.9 Å². The van der Waals surface area contributed by atoms with E-state index in [4.69, 9.17) is 9.11 Å². The summed E-state index contributed by atoms with van der Waals surface area (Å²) in [5, 5.41) is 0. The van der Waals surface area contributed by atoms with Gasteiger partial charge in [-0.05, 0) is 13.8 Å². The van der Waals surface area contributed by atoms with Gasteiger partial charge in [0.05, 0.1) is 0 Å². The summed E-state index contributed by atoms with van der Waals surface area (Å²) >= 11 is 0. The smallest absolute Gasteiger partial charge is 0.346 e. The molecule has 0 atom stereocenters. The maximum atomic E-state index is 9.44. The first-order valence-corrected chi connectivity index (χ1v) is 6.37. The Morgan fingerprint density at radius 3 is 1.69 bits per heavy atom. The van der Waals surface area contributed by atoms with Crippen molar-refractivity contribution < 1.29 is 29.6 Å². The first kappa shape index (κ1) is 15.0. The molecule has 0 spiro atoms. The van der Waals surface area contributed by atoms with E-state index in [9.17, 15) is 16.8 Å². The van der Waals surface area contributed by atoms with Gasteiger partial charge in [-0.15, -0.1) is 3.63 Å². The van der Waals surface area contributed by atoms with Crippen LogP contribution in [0.4, 0.5) is 0 Å². The van der Waals surface area contributed by atoms with Crippen molar-refractivity contribution in [3.8, 4) is 0 Å². The molecule has 0 amide bonds. The van der Waals surface area contributed by atoms with Gasteiger partial charge in [-0.1, -0.05) is 0 Å². The van der Waals surface area contributed by atoms with E-state index in [0.717, 1.165) is 11.5 Å². The van der Waals surface area contributed by atoms with Crippen molar-refractivity contribution in [3.05, 3.63) is 17.7 Å².